The second kappa shape index (κ2) is 5.94. The van der Waals surface area contributed by atoms with E-state index in [4.69, 9.17) is 27.9 Å². The van der Waals surface area contributed by atoms with E-state index >= 15 is 0 Å². The van der Waals surface area contributed by atoms with Crippen molar-refractivity contribution in [1.29, 1.82) is 0 Å². The molecule has 2 aliphatic heterocycles. The molecule has 0 saturated carbocycles. The lowest BCUT2D eigenvalue weighted by Crippen LogP contribution is -2.42. The Bertz CT molecular complexity index is 797. The molecule has 24 heavy (non-hydrogen) atoms. The van der Waals surface area contributed by atoms with Gasteiger partial charge in [0.2, 0.25) is 0 Å². The molecule has 4 rings (SSSR count). The van der Waals surface area contributed by atoms with Crippen molar-refractivity contribution in [3.05, 3.63) is 45.9 Å². The van der Waals surface area contributed by atoms with Crippen LogP contribution in [0.15, 0.2) is 30.3 Å². The first kappa shape index (κ1) is 15.7. The molecule has 2 heterocycles. The Kier molecular flexibility index (Phi) is 3.89. The van der Waals surface area contributed by atoms with Gasteiger partial charge in [0.1, 0.15) is 11.5 Å². The van der Waals surface area contributed by atoms with Crippen LogP contribution < -0.4 is 15.0 Å². The quantitative estimate of drug-likeness (QED) is 0.799. The van der Waals surface area contributed by atoms with Gasteiger partial charge in [0.15, 0.2) is 0 Å². The largest absolute Gasteiger partial charge is 0.506 e. The van der Waals surface area contributed by atoms with Crippen molar-refractivity contribution in [2.24, 2.45) is 0 Å². The van der Waals surface area contributed by atoms with Gasteiger partial charge in [0, 0.05) is 23.2 Å². The van der Waals surface area contributed by atoms with Gasteiger partial charge in [0.05, 0.1) is 35.6 Å². The van der Waals surface area contributed by atoms with E-state index in [1.807, 2.05) is 12.1 Å². The number of aromatic hydroxyl groups is 1. The number of nitrogens with zero attached hydrogens (tertiary/aromatic N) is 1. The molecule has 0 aliphatic carbocycles. The van der Waals surface area contributed by atoms with Crippen molar-refractivity contribution in [1.82, 2.24) is 0 Å². The predicted molar refractivity (Wildman–Crippen MR) is 97.9 cm³/mol. The predicted octanol–water partition coefficient (Wildman–Crippen LogP) is 4.84. The molecule has 1 fully saturated rings. The van der Waals surface area contributed by atoms with Crippen molar-refractivity contribution in [2.45, 2.75) is 24.9 Å². The number of ether oxygens (including phenoxy) is 1. The third kappa shape index (κ3) is 2.45. The standard InChI is InChI=1S/C18H18Cl2N2O2/c1-24-11-4-5-15-14(9-11)21-17(16-3-2-6-22(15)16)12-7-10(19)8-13(20)18(12)23/h4-5,7-9,16-17,21,23H,2-3,6H2,1H3. The summed E-state index contributed by atoms with van der Waals surface area (Å²) in [5, 5.41) is 14.8. The van der Waals surface area contributed by atoms with E-state index < -0.39 is 0 Å². The third-order valence-electron chi connectivity index (χ3n) is 4.90. The van der Waals surface area contributed by atoms with Crippen molar-refractivity contribution >= 4 is 34.6 Å². The summed E-state index contributed by atoms with van der Waals surface area (Å²) < 4.78 is 5.34. The van der Waals surface area contributed by atoms with Gasteiger partial charge >= 0.3 is 0 Å². The van der Waals surface area contributed by atoms with Crippen LogP contribution in [0.25, 0.3) is 0 Å². The highest BCUT2D eigenvalue weighted by molar-refractivity contribution is 6.35. The Hall–Kier alpha value is -1.78. The summed E-state index contributed by atoms with van der Waals surface area (Å²) in [6, 6.07) is 9.58. The average molecular weight is 365 g/mol. The molecule has 2 atom stereocenters. The van der Waals surface area contributed by atoms with Crippen LogP contribution in [0.4, 0.5) is 11.4 Å². The third-order valence-corrected chi connectivity index (χ3v) is 5.41. The summed E-state index contributed by atoms with van der Waals surface area (Å²) in [6.45, 7) is 0.997. The first-order valence-corrected chi connectivity index (χ1v) is 8.73. The molecule has 126 valence electrons. The molecule has 2 aromatic rings. The summed E-state index contributed by atoms with van der Waals surface area (Å²) >= 11 is 12.3. The molecule has 0 bridgehead atoms. The highest BCUT2D eigenvalue weighted by Crippen LogP contribution is 2.48. The zero-order valence-electron chi connectivity index (χ0n) is 13.2. The molecular weight excluding hydrogens is 347 g/mol. The fourth-order valence-corrected chi connectivity index (χ4v) is 4.33. The maximum absolute atomic E-state index is 10.5. The van der Waals surface area contributed by atoms with Crippen LogP contribution in [-0.4, -0.2) is 24.8 Å². The molecule has 6 heteroatoms. The van der Waals surface area contributed by atoms with Crippen LogP contribution in [0.1, 0.15) is 24.4 Å². The minimum Gasteiger partial charge on any atom is -0.506 e. The minimum absolute atomic E-state index is 0.0803. The Morgan fingerprint density at radius 3 is 2.88 bits per heavy atom. The molecule has 2 unspecified atom stereocenters. The second-order valence-electron chi connectivity index (χ2n) is 6.23. The van der Waals surface area contributed by atoms with Crippen LogP contribution in [0.5, 0.6) is 11.5 Å². The highest BCUT2D eigenvalue weighted by atomic mass is 35.5. The molecule has 0 amide bonds. The number of methoxy groups -OCH3 is 1. The number of fused-ring (bicyclic) bond motifs is 3. The summed E-state index contributed by atoms with van der Waals surface area (Å²) in [6.07, 6.45) is 2.16. The van der Waals surface area contributed by atoms with Gasteiger partial charge in [-0.1, -0.05) is 23.2 Å². The molecule has 2 N–H and O–H groups in total. The van der Waals surface area contributed by atoms with E-state index in [0.717, 1.165) is 36.4 Å². The van der Waals surface area contributed by atoms with E-state index in [1.165, 1.54) is 5.69 Å². The van der Waals surface area contributed by atoms with Gasteiger partial charge in [-0.25, -0.2) is 0 Å². The fourth-order valence-electron chi connectivity index (χ4n) is 3.82. The van der Waals surface area contributed by atoms with Crippen LogP contribution >= 0.6 is 23.2 Å². The molecule has 0 aromatic heterocycles. The van der Waals surface area contributed by atoms with Crippen molar-refractivity contribution in [2.75, 3.05) is 23.9 Å². The summed E-state index contributed by atoms with van der Waals surface area (Å²) in [5.41, 5.74) is 2.90. The molecule has 0 spiro atoms. The van der Waals surface area contributed by atoms with Crippen LogP contribution in [0.2, 0.25) is 10.0 Å². The lowest BCUT2D eigenvalue weighted by Gasteiger charge is -2.41. The zero-order valence-corrected chi connectivity index (χ0v) is 14.7. The van der Waals surface area contributed by atoms with Gasteiger partial charge in [-0.15, -0.1) is 0 Å². The maximum atomic E-state index is 10.5. The number of rotatable bonds is 2. The lowest BCUT2D eigenvalue weighted by atomic mass is 9.93. The Morgan fingerprint density at radius 1 is 1.25 bits per heavy atom. The van der Waals surface area contributed by atoms with Crippen molar-refractivity contribution in [3.8, 4) is 11.5 Å². The molecule has 2 aliphatic rings. The fraction of sp³-hybridized carbons (Fsp3) is 0.333. The smallest absolute Gasteiger partial charge is 0.139 e. The number of phenolic OH excluding ortho intramolecular Hbond substituents is 1. The molecule has 2 aromatic carbocycles. The SMILES string of the molecule is COc1ccc2c(c1)NC(c1cc(Cl)cc(Cl)c1O)C1CCCN21. The summed E-state index contributed by atoms with van der Waals surface area (Å²) in [4.78, 5) is 2.39. The average Bonchev–Trinajstić information content (AvgIpc) is 3.06. The van der Waals surface area contributed by atoms with Gasteiger partial charge in [0.25, 0.3) is 0 Å². The first-order chi connectivity index (χ1) is 11.6. The normalized spacial score (nSPS) is 21.9. The number of hydrogen-bond donors (Lipinski definition) is 2. The van der Waals surface area contributed by atoms with Crippen molar-refractivity contribution in [3.63, 3.8) is 0 Å². The minimum atomic E-state index is -0.0803. The topological polar surface area (TPSA) is 44.7 Å². The number of anilines is 2. The summed E-state index contributed by atoms with van der Waals surface area (Å²) in [7, 11) is 1.66. The van der Waals surface area contributed by atoms with E-state index in [2.05, 4.69) is 16.3 Å². The Morgan fingerprint density at radius 2 is 2.08 bits per heavy atom. The monoisotopic (exact) mass is 364 g/mol. The first-order valence-electron chi connectivity index (χ1n) is 7.97. The second-order valence-corrected chi connectivity index (χ2v) is 7.08. The Labute approximate surface area is 150 Å². The number of hydrogen-bond acceptors (Lipinski definition) is 4. The maximum Gasteiger partial charge on any atom is 0.139 e. The highest BCUT2D eigenvalue weighted by Gasteiger charge is 2.39. The van der Waals surface area contributed by atoms with Crippen LogP contribution in [0.3, 0.4) is 0 Å². The van der Waals surface area contributed by atoms with Crippen molar-refractivity contribution < 1.29 is 9.84 Å². The van der Waals surface area contributed by atoms with Gasteiger partial charge in [-0.2, -0.15) is 0 Å². The lowest BCUT2D eigenvalue weighted by molar-refractivity contribution is 0.414. The summed E-state index contributed by atoms with van der Waals surface area (Å²) in [5.74, 6) is 0.891. The van der Waals surface area contributed by atoms with E-state index in [1.54, 1.807) is 19.2 Å². The zero-order chi connectivity index (χ0) is 16.8. The van der Waals surface area contributed by atoms with Gasteiger partial charge < -0.3 is 20.1 Å². The van der Waals surface area contributed by atoms with E-state index in [-0.39, 0.29) is 22.9 Å². The van der Waals surface area contributed by atoms with Crippen LogP contribution in [0, 0.1) is 0 Å². The molecular formula is C18H18Cl2N2O2. The molecule has 0 radical (unpaired) electrons. The number of phenols is 1. The van der Waals surface area contributed by atoms with E-state index in [9.17, 15) is 5.11 Å². The van der Waals surface area contributed by atoms with Crippen LogP contribution in [-0.2, 0) is 0 Å². The number of halogens is 2. The Balaban J connectivity index is 1.82. The van der Waals surface area contributed by atoms with Gasteiger partial charge in [-0.05, 0) is 37.1 Å². The van der Waals surface area contributed by atoms with E-state index in [0.29, 0.717) is 5.02 Å². The molecule has 1 saturated heterocycles. The number of nitrogens with one attached hydrogen (secondary N) is 1. The van der Waals surface area contributed by atoms with Gasteiger partial charge in [-0.3, -0.25) is 0 Å². The number of benzene rings is 2. The molecule has 4 nitrogen and oxygen atoms in total.